The fourth-order valence-corrected chi connectivity index (χ4v) is 2.78. The van der Waals surface area contributed by atoms with Crippen molar-refractivity contribution >= 4 is 11.6 Å². The summed E-state index contributed by atoms with van der Waals surface area (Å²) in [5, 5.41) is 5.44. The van der Waals surface area contributed by atoms with E-state index in [-0.39, 0.29) is 5.69 Å². The standard InChI is InChI=1S/C19H15F4N3O2/c1-26-17(20)15(16(25-26)19(21,22)23)18(27)24-13-9-5-3-7-11(13)12-8-4-6-10-14(12)28-2/h3-10H,1-2H3,(H,24,27). The van der Waals surface area contributed by atoms with Gasteiger partial charge in [0.15, 0.2) is 5.69 Å². The number of anilines is 1. The average molecular weight is 393 g/mol. The molecule has 1 N–H and O–H groups in total. The Bertz CT molecular complexity index is 1030. The van der Waals surface area contributed by atoms with Gasteiger partial charge in [-0.1, -0.05) is 36.4 Å². The highest BCUT2D eigenvalue weighted by Crippen LogP contribution is 2.36. The van der Waals surface area contributed by atoms with E-state index in [4.69, 9.17) is 4.74 Å². The summed E-state index contributed by atoms with van der Waals surface area (Å²) in [5.41, 5.74) is -1.42. The molecule has 0 fully saturated rings. The molecule has 0 unspecified atom stereocenters. The lowest BCUT2D eigenvalue weighted by molar-refractivity contribution is -0.141. The fourth-order valence-electron chi connectivity index (χ4n) is 2.78. The molecule has 5 nitrogen and oxygen atoms in total. The number of methoxy groups -OCH3 is 1. The zero-order valence-electron chi connectivity index (χ0n) is 14.8. The SMILES string of the molecule is COc1ccccc1-c1ccccc1NC(=O)c1c(C(F)(F)F)nn(C)c1F. The second-order valence-electron chi connectivity index (χ2n) is 5.84. The van der Waals surface area contributed by atoms with Crippen LogP contribution >= 0.6 is 0 Å². The van der Waals surface area contributed by atoms with Gasteiger partial charge >= 0.3 is 6.18 Å². The molecular formula is C19H15F4N3O2. The van der Waals surface area contributed by atoms with Crippen LogP contribution in [0.2, 0.25) is 0 Å². The number of nitrogens with zero attached hydrogens (tertiary/aromatic N) is 2. The van der Waals surface area contributed by atoms with Gasteiger partial charge in [-0.25, -0.2) is 4.68 Å². The first-order valence-corrected chi connectivity index (χ1v) is 8.07. The molecule has 2 aromatic carbocycles. The minimum atomic E-state index is -4.98. The number of halogens is 4. The molecule has 3 aromatic rings. The molecule has 28 heavy (non-hydrogen) atoms. The van der Waals surface area contributed by atoms with E-state index in [1.807, 2.05) is 0 Å². The van der Waals surface area contributed by atoms with Gasteiger partial charge in [0.2, 0.25) is 5.95 Å². The number of amides is 1. The van der Waals surface area contributed by atoms with Crippen molar-refractivity contribution in [3.63, 3.8) is 0 Å². The molecule has 1 heterocycles. The first-order chi connectivity index (χ1) is 13.2. The Balaban J connectivity index is 2.04. The van der Waals surface area contributed by atoms with Crippen molar-refractivity contribution in [1.29, 1.82) is 0 Å². The van der Waals surface area contributed by atoms with E-state index in [1.165, 1.54) is 13.2 Å². The maximum absolute atomic E-state index is 14.2. The number of aromatic nitrogens is 2. The lowest BCUT2D eigenvalue weighted by atomic mass is 10.0. The summed E-state index contributed by atoms with van der Waals surface area (Å²) in [5.74, 6) is -2.12. The number of ether oxygens (including phenoxy) is 1. The summed E-state index contributed by atoms with van der Waals surface area (Å²) < 4.78 is 59.3. The Labute approximate surface area is 157 Å². The van der Waals surface area contributed by atoms with E-state index in [9.17, 15) is 22.4 Å². The molecule has 146 valence electrons. The van der Waals surface area contributed by atoms with Gasteiger partial charge in [0.1, 0.15) is 11.3 Å². The van der Waals surface area contributed by atoms with Crippen LogP contribution < -0.4 is 10.1 Å². The van der Waals surface area contributed by atoms with Crippen LogP contribution in [-0.4, -0.2) is 22.8 Å². The van der Waals surface area contributed by atoms with Crippen molar-refractivity contribution in [3.8, 4) is 16.9 Å². The molecule has 0 spiro atoms. The van der Waals surface area contributed by atoms with Crippen LogP contribution in [0, 0.1) is 5.95 Å². The molecular weight excluding hydrogens is 378 g/mol. The van der Waals surface area contributed by atoms with Crippen molar-refractivity contribution in [2.75, 3.05) is 12.4 Å². The van der Waals surface area contributed by atoms with E-state index in [0.29, 0.717) is 21.6 Å². The summed E-state index contributed by atoms with van der Waals surface area (Å²) in [6.07, 6.45) is -4.98. The van der Waals surface area contributed by atoms with E-state index in [2.05, 4.69) is 10.4 Å². The predicted molar refractivity (Wildman–Crippen MR) is 94.6 cm³/mol. The van der Waals surface area contributed by atoms with Gasteiger partial charge in [0.25, 0.3) is 5.91 Å². The highest BCUT2D eigenvalue weighted by atomic mass is 19.4. The number of hydrogen-bond acceptors (Lipinski definition) is 3. The Kier molecular flexibility index (Phi) is 5.08. The molecule has 0 atom stereocenters. The van der Waals surface area contributed by atoms with Gasteiger partial charge in [-0.3, -0.25) is 4.79 Å². The molecule has 3 rings (SSSR count). The Morgan fingerprint density at radius 1 is 1.07 bits per heavy atom. The van der Waals surface area contributed by atoms with Crippen molar-refractivity contribution < 1.29 is 27.1 Å². The molecule has 0 aliphatic rings. The predicted octanol–water partition coefficient (Wildman–Crippen LogP) is 4.51. The quantitative estimate of drug-likeness (QED) is 0.664. The van der Waals surface area contributed by atoms with Gasteiger partial charge in [0, 0.05) is 23.9 Å². The summed E-state index contributed by atoms with van der Waals surface area (Å²) >= 11 is 0. The topological polar surface area (TPSA) is 56.1 Å². The van der Waals surface area contributed by atoms with Gasteiger partial charge < -0.3 is 10.1 Å². The smallest absolute Gasteiger partial charge is 0.436 e. The van der Waals surface area contributed by atoms with E-state index in [0.717, 1.165) is 7.05 Å². The summed E-state index contributed by atoms with van der Waals surface area (Å²) in [7, 11) is 2.46. The first-order valence-electron chi connectivity index (χ1n) is 8.07. The maximum atomic E-state index is 14.2. The zero-order valence-corrected chi connectivity index (χ0v) is 14.8. The molecule has 0 radical (unpaired) electrons. The molecule has 0 bridgehead atoms. The van der Waals surface area contributed by atoms with Crippen LogP contribution in [0.4, 0.5) is 23.2 Å². The van der Waals surface area contributed by atoms with Crippen LogP contribution in [0.25, 0.3) is 11.1 Å². The third-order valence-electron chi connectivity index (χ3n) is 4.05. The number of carbonyl (C=O) groups is 1. The van der Waals surface area contributed by atoms with Crippen LogP contribution in [0.1, 0.15) is 16.1 Å². The van der Waals surface area contributed by atoms with E-state index < -0.39 is 29.3 Å². The second kappa shape index (κ2) is 7.34. The van der Waals surface area contributed by atoms with Crippen molar-refractivity contribution in [2.24, 2.45) is 7.05 Å². The van der Waals surface area contributed by atoms with Gasteiger partial charge in [-0.05, 0) is 12.1 Å². The number of rotatable bonds is 4. The summed E-state index contributed by atoms with van der Waals surface area (Å²) in [6, 6.07) is 13.4. The molecule has 0 saturated heterocycles. The van der Waals surface area contributed by atoms with Crippen LogP contribution in [0.3, 0.4) is 0 Å². The molecule has 0 aliphatic heterocycles. The molecule has 0 aliphatic carbocycles. The molecule has 1 aromatic heterocycles. The number of hydrogen-bond donors (Lipinski definition) is 1. The third kappa shape index (κ3) is 3.55. The normalized spacial score (nSPS) is 11.4. The number of aryl methyl sites for hydroxylation is 1. The summed E-state index contributed by atoms with van der Waals surface area (Å²) in [4.78, 5) is 12.5. The number of nitrogens with one attached hydrogen (secondary N) is 1. The van der Waals surface area contributed by atoms with Crippen LogP contribution in [0.15, 0.2) is 48.5 Å². The van der Waals surface area contributed by atoms with E-state index in [1.54, 1.807) is 42.5 Å². The van der Waals surface area contributed by atoms with Crippen LogP contribution in [0.5, 0.6) is 5.75 Å². The van der Waals surface area contributed by atoms with Crippen molar-refractivity contribution in [2.45, 2.75) is 6.18 Å². The Hall–Kier alpha value is -3.36. The van der Waals surface area contributed by atoms with Gasteiger partial charge in [-0.2, -0.15) is 22.7 Å². The zero-order chi connectivity index (χ0) is 20.5. The van der Waals surface area contributed by atoms with Crippen molar-refractivity contribution in [3.05, 3.63) is 65.7 Å². The van der Waals surface area contributed by atoms with Crippen molar-refractivity contribution in [1.82, 2.24) is 9.78 Å². The highest BCUT2D eigenvalue weighted by molar-refractivity contribution is 6.07. The number of carbonyl (C=O) groups excluding carboxylic acids is 1. The number of benzene rings is 2. The third-order valence-corrected chi connectivity index (χ3v) is 4.05. The van der Waals surface area contributed by atoms with Crippen LogP contribution in [-0.2, 0) is 13.2 Å². The first kappa shape index (κ1) is 19.4. The Morgan fingerprint density at radius 3 is 2.32 bits per heavy atom. The maximum Gasteiger partial charge on any atom is 0.436 e. The fraction of sp³-hybridized carbons (Fsp3) is 0.158. The second-order valence-corrected chi connectivity index (χ2v) is 5.84. The molecule has 0 saturated carbocycles. The lowest BCUT2D eigenvalue weighted by Crippen LogP contribution is -2.19. The largest absolute Gasteiger partial charge is 0.496 e. The van der Waals surface area contributed by atoms with Gasteiger partial charge in [0.05, 0.1) is 7.11 Å². The average Bonchev–Trinajstić information content (AvgIpc) is 2.97. The highest BCUT2D eigenvalue weighted by Gasteiger charge is 2.41. The Morgan fingerprint density at radius 2 is 1.68 bits per heavy atom. The monoisotopic (exact) mass is 393 g/mol. The number of alkyl halides is 3. The van der Waals surface area contributed by atoms with Gasteiger partial charge in [-0.15, -0.1) is 0 Å². The lowest BCUT2D eigenvalue weighted by Gasteiger charge is -2.14. The molecule has 9 heteroatoms. The molecule has 1 amide bonds. The minimum Gasteiger partial charge on any atom is -0.496 e. The summed E-state index contributed by atoms with van der Waals surface area (Å²) in [6.45, 7) is 0. The number of para-hydroxylation sites is 2. The van der Waals surface area contributed by atoms with E-state index >= 15 is 0 Å². The minimum absolute atomic E-state index is 0.202.